The fraction of sp³-hybridized carbons (Fsp3) is 0.538. The number of alkyl halides is 3. The van der Waals surface area contributed by atoms with Gasteiger partial charge in [-0.25, -0.2) is 4.79 Å². The first-order valence-corrected chi connectivity index (χ1v) is 6.34. The Hall–Kier alpha value is -1.79. The zero-order valence-electron chi connectivity index (χ0n) is 10.7. The maximum absolute atomic E-state index is 12.4. The lowest BCUT2D eigenvalue weighted by molar-refractivity contribution is -0.137. The Morgan fingerprint density at radius 3 is 2.70 bits per heavy atom. The number of nitrogens with two attached hydrogens (primary N) is 1. The molecule has 7 heteroatoms. The number of nitrogens with zero attached hydrogens (tertiary/aromatic N) is 1. The van der Waals surface area contributed by atoms with Crippen molar-refractivity contribution in [3.63, 3.8) is 0 Å². The second-order valence-corrected chi connectivity index (χ2v) is 4.91. The van der Waals surface area contributed by atoms with E-state index in [2.05, 4.69) is 4.98 Å². The van der Waals surface area contributed by atoms with Crippen LogP contribution in [0, 0.1) is 5.92 Å². The van der Waals surface area contributed by atoms with Crippen molar-refractivity contribution in [3.05, 3.63) is 29.6 Å². The highest BCUT2D eigenvalue weighted by Crippen LogP contribution is 2.32. The summed E-state index contributed by atoms with van der Waals surface area (Å²) >= 11 is 0. The first-order valence-electron chi connectivity index (χ1n) is 6.34. The number of halogens is 3. The van der Waals surface area contributed by atoms with Gasteiger partial charge in [0.2, 0.25) is 0 Å². The minimum Gasteiger partial charge on any atom is -0.446 e. The van der Waals surface area contributed by atoms with Crippen molar-refractivity contribution in [2.45, 2.75) is 38.0 Å². The molecule has 0 aromatic carbocycles. The van der Waals surface area contributed by atoms with E-state index >= 15 is 0 Å². The number of primary amides is 1. The zero-order chi connectivity index (χ0) is 14.8. The molecule has 2 unspecified atom stereocenters. The van der Waals surface area contributed by atoms with Gasteiger partial charge in [0.05, 0.1) is 5.56 Å². The lowest BCUT2D eigenvalue weighted by Gasteiger charge is -2.18. The van der Waals surface area contributed by atoms with Crippen LogP contribution in [-0.4, -0.2) is 17.2 Å². The second kappa shape index (κ2) is 5.68. The van der Waals surface area contributed by atoms with Crippen molar-refractivity contribution in [3.8, 4) is 0 Å². The summed E-state index contributed by atoms with van der Waals surface area (Å²) in [5.41, 5.74) is 4.79. The Morgan fingerprint density at radius 1 is 1.40 bits per heavy atom. The van der Waals surface area contributed by atoms with Crippen LogP contribution in [0.5, 0.6) is 0 Å². The highest BCUT2D eigenvalue weighted by atomic mass is 19.4. The highest BCUT2D eigenvalue weighted by Gasteiger charge is 2.32. The van der Waals surface area contributed by atoms with E-state index in [1.807, 2.05) is 0 Å². The van der Waals surface area contributed by atoms with Crippen LogP contribution in [0.4, 0.5) is 18.0 Å². The van der Waals surface area contributed by atoms with Crippen LogP contribution in [0.3, 0.4) is 0 Å². The third kappa shape index (κ3) is 3.61. The van der Waals surface area contributed by atoms with E-state index in [0.717, 1.165) is 31.5 Å². The molecule has 0 radical (unpaired) electrons. The molecule has 4 nitrogen and oxygen atoms in total. The van der Waals surface area contributed by atoms with Gasteiger partial charge in [0.1, 0.15) is 6.10 Å². The molecule has 2 atom stereocenters. The van der Waals surface area contributed by atoms with Gasteiger partial charge < -0.3 is 10.5 Å². The van der Waals surface area contributed by atoms with E-state index in [9.17, 15) is 18.0 Å². The molecule has 1 fully saturated rings. The number of hydrogen-bond acceptors (Lipinski definition) is 3. The van der Waals surface area contributed by atoms with Crippen LogP contribution in [0.2, 0.25) is 0 Å². The number of amides is 1. The molecular weight excluding hydrogens is 273 g/mol. The zero-order valence-corrected chi connectivity index (χ0v) is 10.7. The monoisotopic (exact) mass is 288 g/mol. The third-order valence-corrected chi connectivity index (χ3v) is 3.48. The van der Waals surface area contributed by atoms with Crippen molar-refractivity contribution in [2.75, 3.05) is 0 Å². The van der Waals surface area contributed by atoms with Crippen molar-refractivity contribution in [2.24, 2.45) is 11.7 Å². The number of carbonyl (C=O) groups excluding carboxylic acids is 1. The fourth-order valence-electron chi connectivity index (χ4n) is 2.52. The van der Waals surface area contributed by atoms with Crippen molar-refractivity contribution in [1.29, 1.82) is 0 Å². The first-order chi connectivity index (χ1) is 9.36. The molecule has 1 heterocycles. The molecule has 0 saturated heterocycles. The smallest absolute Gasteiger partial charge is 0.417 e. The van der Waals surface area contributed by atoms with Gasteiger partial charge in [-0.15, -0.1) is 0 Å². The quantitative estimate of drug-likeness (QED) is 0.930. The van der Waals surface area contributed by atoms with Crippen LogP contribution in [0.25, 0.3) is 0 Å². The average molecular weight is 288 g/mol. The minimum absolute atomic E-state index is 0.0618. The Labute approximate surface area is 114 Å². The standard InChI is InChI=1S/C13H15F3N2O2/c14-13(15,16)9-4-5-10(18-7-9)6-8-2-1-3-11(8)20-12(17)19/h4-5,7-8,11H,1-3,6H2,(H2,17,19). The third-order valence-electron chi connectivity index (χ3n) is 3.48. The van der Waals surface area contributed by atoms with Crippen molar-refractivity contribution in [1.82, 2.24) is 4.98 Å². The number of pyridine rings is 1. The van der Waals surface area contributed by atoms with Gasteiger partial charge in [0.25, 0.3) is 0 Å². The van der Waals surface area contributed by atoms with E-state index < -0.39 is 17.8 Å². The van der Waals surface area contributed by atoms with E-state index in [1.54, 1.807) is 0 Å². The molecule has 110 valence electrons. The summed E-state index contributed by atoms with van der Waals surface area (Å²) in [5.74, 6) is 0.0618. The number of ether oxygens (including phenoxy) is 1. The summed E-state index contributed by atoms with van der Waals surface area (Å²) in [7, 11) is 0. The summed E-state index contributed by atoms with van der Waals surface area (Å²) in [6.45, 7) is 0. The van der Waals surface area contributed by atoms with Gasteiger partial charge in [0, 0.05) is 17.8 Å². The van der Waals surface area contributed by atoms with Gasteiger partial charge in [-0.05, 0) is 37.8 Å². The summed E-state index contributed by atoms with van der Waals surface area (Å²) in [5, 5.41) is 0. The summed E-state index contributed by atoms with van der Waals surface area (Å²) in [6, 6.07) is 2.38. The number of carbonyl (C=O) groups is 1. The van der Waals surface area contributed by atoms with E-state index in [-0.39, 0.29) is 12.0 Å². The molecule has 1 aromatic heterocycles. The minimum atomic E-state index is -4.38. The van der Waals surface area contributed by atoms with Gasteiger partial charge in [-0.3, -0.25) is 4.98 Å². The predicted octanol–water partition coefficient (Wildman–Crippen LogP) is 2.91. The van der Waals surface area contributed by atoms with Crippen LogP contribution in [0.1, 0.15) is 30.5 Å². The topological polar surface area (TPSA) is 65.2 Å². The molecule has 1 amide bonds. The van der Waals surface area contributed by atoms with Crippen molar-refractivity contribution >= 4 is 6.09 Å². The molecule has 0 bridgehead atoms. The summed E-state index contributed by atoms with van der Waals surface area (Å²) in [6.07, 6.45) is -1.67. The van der Waals surface area contributed by atoms with E-state index in [1.165, 1.54) is 6.07 Å². The lowest BCUT2D eigenvalue weighted by atomic mass is 9.99. The second-order valence-electron chi connectivity index (χ2n) is 4.91. The van der Waals surface area contributed by atoms with E-state index in [4.69, 9.17) is 10.5 Å². The predicted molar refractivity (Wildman–Crippen MR) is 64.7 cm³/mol. The molecule has 20 heavy (non-hydrogen) atoms. The molecular formula is C13H15F3N2O2. The van der Waals surface area contributed by atoms with Gasteiger partial charge >= 0.3 is 12.3 Å². The average Bonchev–Trinajstić information content (AvgIpc) is 2.75. The van der Waals surface area contributed by atoms with Crippen LogP contribution < -0.4 is 5.73 Å². The number of rotatable bonds is 3. The largest absolute Gasteiger partial charge is 0.446 e. The molecule has 1 saturated carbocycles. The van der Waals surface area contributed by atoms with Gasteiger partial charge in [0.15, 0.2) is 0 Å². The Balaban J connectivity index is 2.01. The maximum Gasteiger partial charge on any atom is 0.417 e. The fourth-order valence-corrected chi connectivity index (χ4v) is 2.52. The molecule has 1 aliphatic rings. The summed E-state index contributed by atoms with van der Waals surface area (Å²) in [4.78, 5) is 14.6. The van der Waals surface area contributed by atoms with E-state index in [0.29, 0.717) is 12.1 Å². The normalized spacial score (nSPS) is 22.8. The Bertz CT molecular complexity index is 473. The maximum atomic E-state index is 12.4. The number of hydrogen-bond donors (Lipinski definition) is 1. The molecule has 1 aromatic rings. The van der Waals surface area contributed by atoms with Crippen LogP contribution >= 0.6 is 0 Å². The van der Waals surface area contributed by atoms with Crippen LogP contribution in [0.15, 0.2) is 18.3 Å². The SMILES string of the molecule is NC(=O)OC1CCCC1Cc1ccc(C(F)(F)F)cn1. The summed E-state index contributed by atoms with van der Waals surface area (Å²) < 4.78 is 42.3. The molecule has 1 aliphatic carbocycles. The number of aromatic nitrogens is 1. The lowest BCUT2D eigenvalue weighted by Crippen LogP contribution is -2.27. The van der Waals surface area contributed by atoms with Crippen molar-refractivity contribution < 1.29 is 22.7 Å². The Morgan fingerprint density at radius 2 is 2.15 bits per heavy atom. The van der Waals surface area contributed by atoms with Crippen LogP contribution in [-0.2, 0) is 17.3 Å². The van der Waals surface area contributed by atoms with Gasteiger partial charge in [-0.2, -0.15) is 13.2 Å². The molecule has 2 rings (SSSR count). The Kier molecular flexibility index (Phi) is 4.15. The first kappa shape index (κ1) is 14.6. The molecule has 0 aliphatic heterocycles. The molecule has 2 N–H and O–H groups in total. The highest BCUT2D eigenvalue weighted by molar-refractivity contribution is 5.64. The molecule has 0 spiro atoms. The van der Waals surface area contributed by atoms with Gasteiger partial charge in [-0.1, -0.05) is 0 Å².